The maximum atomic E-state index is 13.0. The summed E-state index contributed by atoms with van der Waals surface area (Å²) in [5.74, 6) is 3.80. The largest absolute Gasteiger partial charge is 0.493 e. The first-order valence-electron chi connectivity index (χ1n) is 9.65. The highest BCUT2D eigenvalue weighted by Crippen LogP contribution is 2.55. The Morgan fingerprint density at radius 1 is 1.00 bits per heavy atom. The fourth-order valence-electron chi connectivity index (χ4n) is 6.15. The van der Waals surface area contributed by atoms with Crippen molar-refractivity contribution in [3.63, 3.8) is 0 Å². The molecule has 5 heteroatoms. The van der Waals surface area contributed by atoms with E-state index < -0.39 is 0 Å². The average molecular weight is 354 g/mol. The number of hydrogen-bond acceptors (Lipinski definition) is 3. The predicted octanol–water partition coefficient (Wildman–Crippen LogP) is 3.88. The Balaban J connectivity index is 1.42. The van der Waals surface area contributed by atoms with Gasteiger partial charge in [-0.3, -0.25) is 4.79 Å². The molecule has 1 amide bonds. The van der Waals surface area contributed by atoms with Crippen LogP contribution in [0.2, 0.25) is 0 Å². The van der Waals surface area contributed by atoms with E-state index in [0.29, 0.717) is 17.2 Å². The van der Waals surface area contributed by atoms with Gasteiger partial charge in [0.1, 0.15) is 5.69 Å². The van der Waals surface area contributed by atoms with E-state index in [0.717, 1.165) is 47.9 Å². The van der Waals surface area contributed by atoms with Crippen molar-refractivity contribution in [1.82, 2.24) is 10.3 Å². The second-order valence-corrected chi connectivity index (χ2v) is 8.63. The van der Waals surface area contributed by atoms with E-state index in [1.54, 1.807) is 14.2 Å². The van der Waals surface area contributed by atoms with Crippen molar-refractivity contribution >= 4 is 16.8 Å². The number of ether oxygens (including phenoxy) is 2. The van der Waals surface area contributed by atoms with Crippen LogP contribution in [0.15, 0.2) is 18.2 Å². The van der Waals surface area contributed by atoms with Crippen LogP contribution in [0, 0.1) is 17.8 Å². The van der Waals surface area contributed by atoms with Gasteiger partial charge in [-0.1, -0.05) is 0 Å². The molecule has 2 aromatic rings. The third-order valence-electron chi connectivity index (χ3n) is 6.79. The zero-order valence-corrected chi connectivity index (χ0v) is 15.4. The molecule has 4 bridgehead atoms. The van der Waals surface area contributed by atoms with Crippen LogP contribution in [-0.2, 0) is 0 Å². The van der Waals surface area contributed by atoms with Crippen LogP contribution in [0.4, 0.5) is 0 Å². The molecule has 0 unspecified atom stereocenters. The lowest BCUT2D eigenvalue weighted by Gasteiger charge is -2.56. The topological polar surface area (TPSA) is 63.3 Å². The first-order valence-corrected chi connectivity index (χ1v) is 9.65. The van der Waals surface area contributed by atoms with Gasteiger partial charge in [0, 0.05) is 22.5 Å². The maximum Gasteiger partial charge on any atom is 0.268 e. The van der Waals surface area contributed by atoms with Gasteiger partial charge >= 0.3 is 0 Å². The number of benzene rings is 1. The Hall–Kier alpha value is -2.17. The van der Waals surface area contributed by atoms with Gasteiger partial charge in [0.2, 0.25) is 0 Å². The minimum Gasteiger partial charge on any atom is -0.493 e. The molecule has 1 heterocycles. The van der Waals surface area contributed by atoms with E-state index in [-0.39, 0.29) is 11.4 Å². The van der Waals surface area contributed by atoms with Gasteiger partial charge in [0.15, 0.2) is 11.5 Å². The number of carbonyl (C=O) groups excluding carboxylic acids is 1. The van der Waals surface area contributed by atoms with E-state index in [2.05, 4.69) is 10.3 Å². The molecule has 0 atom stereocenters. The van der Waals surface area contributed by atoms with Gasteiger partial charge in [0.05, 0.1) is 14.2 Å². The normalized spacial score (nSPS) is 32.0. The van der Waals surface area contributed by atoms with E-state index >= 15 is 0 Å². The molecule has 4 fully saturated rings. The monoisotopic (exact) mass is 354 g/mol. The molecule has 6 rings (SSSR count). The van der Waals surface area contributed by atoms with Gasteiger partial charge < -0.3 is 19.8 Å². The number of nitrogens with one attached hydrogen (secondary N) is 2. The molecule has 138 valence electrons. The molecule has 26 heavy (non-hydrogen) atoms. The average Bonchev–Trinajstić information content (AvgIpc) is 3.02. The number of rotatable bonds is 4. The van der Waals surface area contributed by atoms with Gasteiger partial charge in [-0.05, 0) is 68.4 Å². The molecular formula is C21H26N2O3. The number of aromatic nitrogens is 1. The Labute approximate surface area is 153 Å². The van der Waals surface area contributed by atoms with Crippen molar-refractivity contribution in [1.29, 1.82) is 0 Å². The molecular weight excluding hydrogens is 328 g/mol. The van der Waals surface area contributed by atoms with Crippen LogP contribution in [0.25, 0.3) is 10.9 Å². The van der Waals surface area contributed by atoms with Crippen LogP contribution in [-0.4, -0.2) is 30.6 Å². The smallest absolute Gasteiger partial charge is 0.268 e. The molecule has 4 saturated carbocycles. The van der Waals surface area contributed by atoms with Crippen molar-refractivity contribution in [2.45, 2.75) is 44.1 Å². The van der Waals surface area contributed by atoms with Crippen LogP contribution >= 0.6 is 0 Å². The fraction of sp³-hybridized carbons (Fsp3) is 0.571. The van der Waals surface area contributed by atoms with Crippen molar-refractivity contribution in [3.05, 3.63) is 23.9 Å². The second-order valence-electron chi connectivity index (χ2n) is 8.63. The Bertz CT molecular complexity index is 793. The number of H-pyrrole nitrogens is 1. The number of carbonyl (C=O) groups is 1. The zero-order valence-electron chi connectivity index (χ0n) is 15.4. The van der Waals surface area contributed by atoms with Crippen molar-refractivity contribution < 1.29 is 14.3 Å². The lowest BCUT2D eigenvalue weighted by molar-refractivity contribution is -0.0167. The molecule has 0 saturated heterocycles. The lowest BCUT2D eigenvalue weighted by atomic mass is 9.53. The number of fused-ring (bicyclic) bond motifs is 1. The van der Waals surface area contributed by atoms with Crippen molar-refractivity contribution in [2.75, 3.05) is 14.2 Å². The number of amides is 1. The van der Waals surface area contributed by atoms with Crippen LogP contribution < -0.4 is 14.8 Å². The van der Waals surface area contributed by atoms with E-state index in [1.807, 2.05) is 18.2 Å². The van der Waals surface area contributed by atoms with E-state index in [4.69, 9.17) is 9.47 Å². The Morgan fingerprint density at radius 2 is 1.58 bits per heavy atom. The van der Waals surface area contributed by atoms with Crippen molar-refractivity contribution in [3.8, 4) is 11.5 Å². The summed E-state index contributed by atoms with van der Waals surface area (Å²) in [5.41, 5.74) is 1.53. The highest BCUT2D eigenvalue weighted by Gasteiger charge is 2.51. The van der Waals surface area contributed by atoms with Gasteiger partial charge in [-0.25, -0.2) is 0 Å². The number of hydrogen-bond donors (Lipinski definition) is 2. The SMILES string of the molecule is COc1cc2cc(C(=O)NC34CC5CC(CC(C5)C3)C4)[nH]c2cc1OC. The number of aromatic amines is 1. The Morgan fingerprint density at radius 3 is 2.15 bits per heavy atom. The quantitative estimate of drug-likeness (QED) is 0.876. The van der Waals surface area contributed by atoms with Crippen LogP contribution in [0.3, 0.4) is 0 Å². The first-order chi connectivity index (χ1) is 12.6. The fourth-order valence-corrected chi connectivity index (χ4v) is 6.15. The summed E-state index contributed by atoms with van der Waals surface area (Å²) in [5, 5.41) is 4.38. The molecule has 1 aromatic heterocycles. The summed E-state index contributed by atoms with van der Waals surface area (Å²) >= 11 is 0. The van der Waals surface area contributed by atoms with Gasteiger partial charge in [0.25, 0.3) is 5.91 Å². The third kappa shape index (κ3) is 2.48. The summed E-state index contributed by atoms with van der Waals surface area (Å²) in [7, 11) is 3.24. The predicted molar refractivity (Wildman–Crippen MR) is 99.8 cm³/mol. The van der Waals surface area contributed by atoms with E-state index in [1.165, 1.54) is 19.3 Å². The van der Waals surface area contributed by atoms with Crippen LogP contribution in [0.1, 0.15) is 49.0 Å². The minimum absolute atomic E-state index is 0.0149. The summed E-state index contributed by atoms with van der Waals surface area (Å²) in [6, 6.07) is 5.70. The molecule has 1 aromatic carbocycles. The van der Waals surface area contributed by atoms with Crippen molar-refractivity contribution in [2.24, 2.45) is 17.8 Å². The molecule has 4 aliphatic rings. The minimum atomic E-state index is 0.0149. The highest BCUT2D eigenvalue weighted by molar-refractivity contribution is 5.99. The lowest BCUT2D eigenvalue weighted by Crippen LogP contribution is -2.59. The molecule has 4 aliphatic carbocycles. The summed E-state index contributed by atoms with van der Waals surface area (Å²) in [6.45, 7) is 0. The Kier molecular flexibility index (Phi) is 3.49. The maximum absolute atomic E-state index is 13.0. The molecule has 5 nitrogen and oxygen atoms in total. The molecule has 0 aliphatic heterocycles. The summed E-state index contributed by atoms with van der Waals surface area (Å²) in [6.07, 6.45) is 7.61. The second kappa shape index (κ2) is 5.66. The molecule has 2 N–H and O–H groups in total. The van der Waals surface area contributed by atoms with Crippen LogP contribution in [0.5, 0.6) is 11.5 Å². The van der Waals surface area contributed by atoms with Gasteiger partial charge in [-0.15, -0.1) is 0 Å². The molecule has 0 radical (unpaired) electrons. The third-order valence-corrected chi connectivity index (χ3v) is 6.79. The zero-order chi connectivity index (χ0) is 17.9. The standard InChI is InChI=1S/C21H26N2O3/c1-25-18-7-15-6-17(22-16(15)8-19(18)26-2)20(24)23-21-9-12-3-13(10-21)5-14(4-12)11-21/h6-8,12-14,22H,3-5,9-11H2,1-2H3,(H,23,24). The van der Waals surface area contributed by atoms with Gasteiger partial charge in [-0.2, -0.15) is 0 Å². The molecule has 0 spiro atoms. The number of methoxy groups -OCH3 is 2. The highest BCUT2D eigenvalue weighted by atomic mass is 16.5. The first kappa shape index (κ1) is 16.0. The summed E-state index contributed by atoms with van der Waals surface area (Å²) in [4.78, 5) is 16.3. The summed E-state index contributed by atoms with van der Waals surface area (Å²) < 4.78 is 10.7. The van der Waals surface area contributed by atoms with E-state index in [9.17, 15) is 4.79 Å².